The Hall–Kier alpha value is -3.13. The largest absolute Gasteiger partial charge is 0.454 e. The number of ether oxygens (including phenoxy) is 2. The molecule has 0 unspecified atom stereocenters. The topological polar surface area (TPSA) is 85.4 Å². The van der Waals surface area contributed by atoms with E-state index in [1.807, 2.05) is 36.4 Å². The second-order valence-corrected chi connectivity index (χ2v) is 5.90. The number of carbonyl (C=O) groups is 1. The zero-order valence-corrected chi connectivity index (χ0v) is 13.2. The minimum absolute atomic E-state index is 0.224. The van der Waals surface area contributed by atoms with Gasteiger partial charge in [-0.1, -0.05) is 29.5 Å². The van der Waals surface area contributed by atoms with Crippen molar-refractivity contribution in [2.75, 3.05) is 17.4 Å². The number of rotatable bonds is 3. The van der Waals surface area contributed by atoms with Crippen molar-refractivity contribution in [2.45, 2.75) is 0 Å². The molecule has 0 fully saturated rings. The molecule has 3 aromatic rings. The van der Waals surface area contributed by atoms with Crippen LogP contribution in [-0.2, 0) is 0 Å². The van der Waals surface area contributed by atoms with Crippen LogP contribution in [0, 0.1) is 0 Å². The average Bonchev–Trinajstić information content (AvgIpc) is 3.24. The SMILES string of the molecule is O=C(Nc1ccccc1)Nc1nnc(-c2ccc3c(c2)OCO3)s1. The van der Waals surface area contributed by atoms with Crippen molar-refractivity contribution >= 4 is 28.2 Å². The van der Waals surface area contributed by atoms with Gasteiger partial charge in [-0.3, -0.25) is 5.32 Å². The summed E-state index contributed by atoms with van der Waals surface area (Å²) in [5, 5.41) is 14.6. The Balaban J connectivity index is 1.46. The molecule has 2 heterocycles. The maximum Gasteiger partial charge on any atom is 0.325 e. The lowest BCUT2D eigenvalue weighted by Crippen LogP contribution is -2.19. The van der Waals surface area contributed by atoms with Crippen LogP contribution in [0.1, 0.15) is 0 Å². The molecule has 1 aromatic heterocycles. The molecular weight excluding hydrogens is 328 g/mol. The lowest BCUT2D eigenvalue weighted by Gasteiger charge is -2.04. The van der Waals surface area contributed by atoms with E-state index >= 15 is 0 Å². The Labute approximate surface area is 141 Å². The van der Waals surface area contributed by atoms with E-state index in [4.69, 9.17) is 9.47 Å². The summed E-state index contributed by atoms with van der Waals surface area (Å²) in [5.74, 6) is 1.39. The number of amides is 2. The number of aromatic nitrogens is 2. The van der Waals surface area contributed by atoms with Gasteiger partial charge in [-0.25, -0.2) is 4.79 Å². The molecule has 1 aliphatic rings. The lowest BCUT2D eigenvalue weighted by atomic mass is 10.2. The highest BCUT2D eigenvalue weighted by Crippen LogP contribution is 2.37. The Kier molecular flexibility index (Phi) is 3.72. The smallest absolute Gasteiger partial charge is 0.325 e. The number of hydrogen-bond acceptors (Lipinski definition) is 6. The number of nitrogens with zero attached hydrogens (tertiary/aromatic N) is 2. The van der Waals surface area contributed by atoms with E-state index < -0.39 is 0 Å². The third kappa shape index (κ3) is 2.99. The zero-order valence-electron chi connectivity index (χ0n) is 12.4. The molecule has 120 valence electrons. The summed E-state index contributed by atoms with van der Waals surface area (Å²) in [6.07, 6.45) is 0. The van der Waals surface area contributed by atoms with Crippen LogP contribution < -0.4 is 20.1 Å². The van der Waals surface area contributed by atoms with Gasteiger partial charge in [0.2, 0.25) is 11.9 Å². The molecular formula is C16H12N4O3S. The van der Waals surface area contributed by atoms with E-state index in [0.29, 0.717) is 27.3 Å². The molecule has 0 saturated heterocycles. The van der Waals surface area contributed by atoms with E-state index in [1.54, 1.807) is 12.1 Å². The van der Waals surface area contributed by atoms with Crippen LogP contribution in [0.2, 0.25) is 0 Å². The summed E-state index contributed by atoms with van der Waals surface area (Å²) in [6.45, 7) is 0.224. The first-order valence-corrected chi connectivity index (χ1v) is 7.96. The van der Waals surface area contributed by atoms with Crippen molar-refractivity contribution in [1.82, 2.24) is 10.2 Å². The fourth-order valence-electron chi connectivity index (χ4n) is 2.20. The molecule has 0 aliphatic carbocycles. The molecule has 7 nitrogen and oxygen atoms in total. The minimum Gasteiger partial charge on any atom is -0.454 e. The summed E-state index contributed by atoms with van der Waals surface area (Å²) < 4.78 is 10.6. The molecule has 2 N–H and O–H groups in total. The van der Waals surface area contributed by atoms with Crippen molar-refractivity contribution in [3.63, 3.8) is 0 Å². The minimum atomic E-state index is -0.366. The molecule has 8 heteroatoms. The number of carbonyl (C=O) groups excluding carboxylic acids is 1. The van der Waals surface area contributed by atoms with Crippen LogP contribution in [0.3, 0.4) is 0 Å². The molecule has 0 saturated carbocycles. The van der Waals surface area contributed by atoms with E-state index in [-0.39, 0.29) is 12.8 Å². The summed E-state index contributed by atoms with van der Waals surface area (Å²) in [6, 6.07) is 14.4. The van der Waals surface area contributed by atoms with Gasteiger partial charge in [0.25, 0.3) is 0 Å². The summed E-state index contributed by atoms with van der Waals surface area (Å²) in [5.41, 5.74) is 1.56. The van der Waals surface area contributed by atoms with Crippen LogP contribution in [-0.4, -0.2) is 23.0 Å². The maximum absolute atomic E-state index is 12.0. The van der Waals surface area contributed by atoms with Gasteiger partial charge in [-0.2, -0.15) is 0 Å². The van der Waals surface area contributed by atoms with Crippen LogP contribution in [0.5, 0.6) is 11.5 Å². The second kappa shape index (κ2) is 6.17. The van der Waals surface area contributed by atoms with Crippen molar-refractivity contribution in [2.24, 2.45) is 0 Å². The van der Waals surface area contributed by atoms with Crippen LogP contribution in [0.25, 0.3) is 10.6 Å². The fourth-order valence-corrected chi connectivity index (χ4v) is 2.94. The predicted octanol–water partition coefficient (Wildman–Crippen LogP) is 3.58. The first kappa shape index (κ1) is 14.5. The Morgan fingerprint density at radius 1 is 1.00 bits per heavy atom. The zero-order chi connectivity index (χ0) is 16.4. The molecule has 0 spiro atoms. The van der Waals surface area contributed by atoms with Gasteiger partial charge in [0.1, 0.15) is 5.01 Å². The Bertz CT molecular complexity index is 882. The molecule has 0 bridgehead atoms. The lowest BCUT2D eigenvalue weighted by molar-refractivity contribution is 0.174. The number of anilines is 2. The van der Waals surface area contributed by atoms with E-state index in [1.165, 1.54) is 11.3 Å². The molecule has 0 atom stereocenters. The normalized spacial score (nSPS) is 12.0. The van der Waals surface area contributed by atoms with E-state index in [9.17, 15) is 4.79 Å². The van der Waals surface area contributed by atoms with Gasteiger partial charge in [-0.05, 0) is 30.3 Å². The average molecular weight is 340 g/mol. The number of para-hydroxylation sites is 1. The molecule has 0 radical (unpaired) electrons. The molecule has 2 amide bonds. The summed E-state index contributed by atoms with van der Waals surface area (Å²) >= 11 is 1.28. The standard InChI is InChI=1S/C16H12N4O3S/c21-15(17-11-4-2-1-3-5-11)18-16-20-19-14(24-16)10-6-7-12-13(8-10)23-9-22-12/h1-8H,9H2,(H2,17,18,20,21). The van der Waals surface area contributed by atoms with Crippen molar-refractivity contribution in [1.29, 1.82) is 0 Å². The van der Waals surface area contributed by atoms with Crippen molar-refractivity contribution < 1.29 is 14.3 Å². The summed E-state index contributed by atoms with van der Waals surface area (Å²) in [7, 11) is 0. The van der Waals surface area contributed by atoms with Gasteiger partial charge >= 0.3 is 6.03 Å². The predicted molar refractivity (Wildman–Crippen MR) is 90.6 cm³/mol. The fraction of sp³-hybridized carbons (Fsp3) is 0.0625. The number of hydrogen-bond donors (Lipinski definition) is 2. The third-order valence-electron chi connectivity index (χ3n) is 3.30. The van der Waals surface area contributed by atoms with Crippen LogP contribution >= 0.6 is 11.3 Å². The summed E-state index contributed by atoms with van der Waals surface area (Å²) in [4.78, 5) is 12.0. The van der Waals surface area contributed by atoms with Gasteiger partial charge in [0, 0.05) is 11.3 Å². The number of benzene rings is 2. The number of fused-ring (bicyclic) bond motifs is 1. The first-order chi connectivity index (χ1) is 11.8. The Morgan fingerprint density at radius 2 is 1.83 bits per heavy atom. The van der Waals surface area contributed by atoms with E-state index in [2.05, 4.69) is 20.8 Å². The third-order valence-corrected chi connectivity index (χ3v) is 4.18. The van der Waals surface area contributed by atoms with Crippen LogP contribution in [0.4, 0.5) is 15.6 Å². The van der Waals surface area contributed by atoms with Gasteiger partial charge in [0.05, 0.1) is 0 Å². The highest BCUT2D eigenvalue weighted by molar-refractivity contribution is 7.18. The van der Waals surface area contributed by atoms with Crippen molar-refractivity contribution in [3.05, 3.63) is 48.5 Å². The van der Waals surface area contributed by atoms with Crippen molar-refractivity contribution in [3.8, 4) is 22.1 Å². The van der Waals surface area contributed by atoms with Gasteiger partial charge in [0.15, 0.2) is 11.5 Å². The molecule has 1 aliphatic heterocycles. The maximum atomic E-state index is 12.0. The monoisotopic (exact) mass is 340 g/mol. The number of urea groups is 1. The van der Waals surface area contributed by atoms with Gasteiger partial charge < -0.3 is 14.8 Å². The van der Waals surface area contributed by atoms with Crippen LogP contribution in [0.15, 0.2) is 48.5 Å². The quantitative estimate of drug-likeness (QED) is 0.761. The molecule has 2 aromatic carbocycles. The highest BCUT2D eigenvalue weighted by Gasteiger charge is 2.16. The second-order valence-electron chi connectivity index (χ2n) is 4.93. The first-order valence-electron chi connectivity index (χ1n) is 7.14. The molecule has 4 rings (SSSR count). The molecule has 24 heavy (non-hydrogen) atoms. The van der Waals surface area contributed by atoms with Gasteiger partial charge in [-0.15, -0.1) is 10.2 Å². The van der Waals surface area contributed by atoms with E-state index in [0.717, 1.165) is 5.56 Å². The number of nitrogens with one attached hydrogen (secondary N) is 2. The Morgan fingerprint density at radius 3 is 2.71 bits per heavy atom. The highest BCUT2D eigenvalue weighted by atomic mass is 32.1.